The van der Waals surface area contributed by atoms with Gasteiger partial charge in [0.15, 0.2) is 0 Å². The number of ether oxygens (including phenoxy) is 1. The zero-order valence-electron chi connectivity index (χ0n) is 12.4. The fourth-order valence-electron chi connectivity index (χ4n) is 2.04. The summed E-state index contributed by atoms with van der Waals surface area (Å²) in [6.07, 6.45) is 3.93. The molecular weight excluding hydrogens is 258 g/mol. The first-order valence-electron chi connectivity index (χ1n) is 7.58. The highest BCUT2D eigenvalue weighted by Gasteiger charge is 2.13. The van der Waals surface area contributed by atoms with Crippen molar-refractivity contribution in [2.75, 3.05) is 32.8 Å². The van der Waals surface area contributed by atoms with Crippen LogP contribution in [0.25, 0.3) is 0 Å². The maximum atomic E-state index is 11.5. The molecule has 6 heteroatoms. The van der Waals surface area contributed by atoms with E-state index in [1.54, 1.807) is 0 Å². The SMILES string of the molecule is CCCNC(=O)CCNC(=O)CCOC1CCNCC1. The van der Waals surface area contributed by atoms with Gasteiger partial charge in [-0.15, -0.1) is 0 Å². The third-order valence-electron chi connectivity index (χ3n) is 3.22. The van der Waals surface area contributed by atoms with Crippen LogP contribution in [-0.2, 0) is 14.3 Å². The van der Waals surface area contributed by atoms with Gasteiger partial charge >= 0.3 is 0 Å². The molecule has 0 atom stereocenters. The molecular formula is C14H27N3O3. The molecule has 1 aliphatic heterocycles. The Hall–Kier alpha value is -1.14. The highest BCUT2D eigenvalue weighted by Crippen LogP contribution is 2.07. The average Bonchev–Trinajstić information content (AvgIpc) is 2.46. The zero-order valence-corrected chi connectivity index (χ0v) is 12.4. The molecule has 20 heavy (non-hydrogen) atoms. The van der Waals surface area contributed by atoms with E-state index in [2.05, 4.69) is 16.0 Å². The van der Waals surface area contributed by atoms with Crippen LogP contribution >= 0.6 is 0 Å². The lowest BCUT2D eigenvalue weighted by Crippen LogP contribution is -2.34. The maximum Gasteiger partial charge on any atom is 0.222 e. The number of hydrogen-bond acceptors (Lipinski definition) is 4. The Labute approximate surface area is 121 Å². The summed E-state index contributed by atoms with van der Waals surface area (Å²) in [5, 5.41) is 8.78. The van der Waals surface area contributed by atoms with Crippen LogP contribution in [0.4, 0.5) is 0 Å². The van der Waals surface area contributed by atoms with Crippen molar-refractivity contribution >= 4 is 11.8 Å². The van der Waals surface area contributed by atoms with Crippen LogP contribution in [0.1, 0.15) is 39.0 Å². The van der Waals surface area contributed by atoms with Gasteiger partial charge in [-0.2, -0.15) is 0 Å². The molecule has 3 N–H and O–H groups in total. The quantitative estimate of drug-likeness (QED) is 0.564. The fraction of sp³-hybridized carbons (Fsp3) is 0.857. The van der Waals surface area contributed by atoms with Crippen molar-refractivity contribution in [1.29, 1.82) is 0 Å². The molecule has 0 aromatic carbocycles. The summed E-state index contributed by atoms with van der Waals surface area (Å²) < 4.78 is 5.65. The minimum atomic E-state index is -0.0535. The number of carbonyl (C=O) groups excluding carboxylic acids is 2. The molecule has 2 amide bonds. The predicted octanol–water partition coefficient (Wildman–Crippen LogP) is 0.178. The molecule has 1 saturated heterocycles. The first-order chi connectivity index (χ1) is 9.72. The lowest BCUT2D eigenvalue weighted by atomic mass is 10.1. The molecule has 116 valence electrons. The van der Waals surface area contributed by atoms with E-state index in [0.29, 0.717) is 32.5 Å². The zero-order chi connectivity index (χ0) is 14.6. The van der Waals surface area contributed by atoms with Gasteiger partial charge in [-0.05, 0) is 32.4 Å². The second kappa shape index (κ2) is 10.6. The summed E-state index contributed by atoms with van der Waals surface area (Å²) in [6, 6.07) is 0. The van der Waals surface area contributed by atoms with Gasteiger partial charge in [-0.25, -0.2) is 0 Å². The molecule has 1 heterocycles. The maximum absolute atomic E-state index is 11.5. The topological polar surface area (TPSA) is 79.5 Å². The Morgan fingerprint density at radius 2 is 1.75 bits per heavy atom. The van der Waals surface area contributed by atoms with Crippen LogP contribution in [0.3, 0.4) is 0 Å². The minimum absolute atomic E-state index is 0.0156. The first-order valence-corrected chi connectivity index (χ1v) is 7.58. The molecule has 0 spiro atoms. The van der Waals surface area contributed by atoms with Crippen molar-refractivity contribution in [2.24, 2.45) is 0 Å². The van der Waals surface area contributed by atoms with Gasteiger partial charge in [0.1, 0.15) is 0 Å². The van der Waals surface area contributed by atoms with Crippen molar-refractivity contribution in [3.05, 3.63) is 0 Å². The molecule has 0 saturated carbocycles. The van der Waals surface area contributed by atoms with Gasteiger partial charge < -0.3 is 20.7 Å². The molecule has 0 aliphatic carbocycles. The average molecular weight is 285 g/mol. The predicted molar refractivity (Wildman–Crippen MR) is 77.4 cm³/mol. The number of amides is 2. The Morgan fingerprint density at radius 3 is 2.45 bits per heavy atom. The molecule has 0 aromatic heterocycles. The van der Waals surface area contributed by atoms with Crippen molar-refractivity contribution in [3.8, 4) is 0 Å². The van der Waals surface area contributed by atoms with E-state index in [-0.39, 0.29) is 17.9 Å². The number of piperidine rings is 1. The second-order valence-corrected chi connectivity index (χ2v) is 5.02. The summed E-state index contributed by atoms with van der Waals surface area (Å²) in [5.74, 6) is -0.0691. The van der Waals surface area contributed by atoms with E-state index in [1.165, 1.54) is 0 Å². The van der Waals surface area contributed by atoms with Crippen molar-refractivity contribution in [3.63, 3.8) is 0 Å². The van der Waals surface area contributed by atoms with Gasteiger partial charge in [0.25, 0.3) is 0 Å². The number of nitrogens with one attached hydrogen (secondary N) is 3. The molecule has 0 radical (unpaired) electrons. The third kappa shape index (κ3) is 8.12. The normalized spacial score (nSPS) is 15.8. The lowest BCUT2D eigenvalue weighted by Gasteiger charge is -2.22. The molecule has 6 nitrogen and oxygen atoms in total. The first kappa shape index (κ1) is 16.9. The largest absolute Gasteiger partial charge is 0.378 e. The minimum Gasteiger partial charge on any atom is -0.378 e. The Kier molecular flexibility index (Phi) is 8.98. The van der Waals surface area contributed by atoms with Gasteiger partial charge in [-0.3, -0.25) is 9.59 Å². The van der Waals surface area contributed by atoms with E-state index in [4.69, 9.17) is 4.74 Å². The Balaban J connectivity index is 1.95. The molecule has 0 unspecified atom stereocenters. The van der Waals surface area contributed by atoms with Crippen molar-refractivity contribution in [2.45, 2.75) is 45.1 Å². The summed E-state index contributed by atoms with van der Waals surface area (Å²) in [7, 11) is 0. The smallest absolute Gasteiger partial charge is 0.222 e. The van der Waals surface area contributed by atoms with Gasteiger partial charge in [0.2, 0.25) is 11.8 Å². The standard InChI is InChI=1S/C14H27N3O3/c1-2-7-16-13(18)5-10-17-14(19)6-11-20-12-3-8-15-9-4-12/h12,15H,2-11H2,1H3,(H,16,18)(H,17,19). The van der Waals surface area contributed by atoms with E-state index in [1.807, 2.05) is 6.92 Å². The van der Waals surface area contributed by atoms with Crippen LogP contribution in [0.5, 0.6) is 0 Å². The van der Waals surface area contributed by atoms with Gasteiger partial charge in [0, 0.05) is 25.9 Å². The Bertz CT molecular complexity index is 291. The highest BCUT2D eigenvalue weighted by molar-refractivity contribution is 5.78. The summed E-state index contributed by atoms with van der Waals surface area (Å²) in [6.45, 7) is 5.52. The third-order valence-corrected chi connectivity index (χ3v) is 3.22. The lowest BCUT2D eigenvalue weighted by molar-refractivity contribution is -0.123. The second-order valence-electron chi connectivity index (χ2n) is 5.02. The molecule has 0 bridgehead atoms. The van der Waals surface area contributed by atoms with Gasteiger partial charge in [0.05, 0.1) is 12.7 Å². The van der Waals surface area contributed by atoms with E-state index in [0.717, 1.165) is 32.4 Å². The van der Waals surface area contributed by atoms with Crippen LogP contribution in [-0.4, -0.2) is 50.7 Å². The number of rotatable bonds is 9. The monoisotopic (exact) mass is 285 g/mol. The number of hydrogen-bond donors (Lipinski definition) is 3. The molecule has 1 aliphatic rings. The summed E-state index contributed by atoms with van der Waals surface area (Å²) >= 11 is 0. The van der Waals surface area contributed by atoms with E-state index < -0.39 is 0 Å². The summed E-state index contributed by atoms with van der Waals surface area (Å²) in [4.78, 5) is 22.9. The highest BCUT2D eigenvalue weighted by atomic mass is 16.5. The van der Waals surface area contributed by atoms with E-state index >= 15 is 0 Å². The van der Waals surface area contributed by atoms with Crippen LogP contribution in [0.15, 0.2) is 0 Å². The van der Waals surface area contributed by atoms with Crippen molar-refractivity contribution in [1.82, 2.24) is 16.0 Å². The molecule has 1 fully saturated rings. The van der Waals surface area contributed by atoms with Crippen LogP contribution in [0.2, 0.25) is 0 Å². The van der Waals surface area contributed by atoms with E-state index in [9.17, 15) is 9.59 Å². The fourth-order valence-corrected chi connectivity index (χ4v) is 2.04. The van der Waals surface area contributed by atoms with Crippen molar-refractivity contribution < 1.29 is 14.3 Å². The summed E-state index contributed by atoms with van der Waals surface area (Å²) in [5.41, 5.74) is 0. The molecule has 1 rings (SSSR count). The number of carbonyl (C=O) groups is 2. The van der Waals surface area contributed by atoms with Gasteiger partial charge in [-0.1, -0.05) is 6.92 Å². The molecule has 0 aromatic rings. The van der Waals surface area contributed by atoms with Crippen LogP contribution < -0.4 is 16.0 Å². The Morgan fingerprint density at radius 1 is 1.10 bits per heavy atom. The van der Waals surface area contributed by atoms with Crippen LogP contribution in [0, 0.1) is 0 Å².